The lowest BCUT2D eigenvalue weighted by Gasteiger charge is -2.28. The molecule has 0 saturated carbocycles. The maximum absolute atomic E-state index is 12.1. The normalized spacial score (nSPS) is 17.7. The maximum Gasteiger partial charge on any atom is 0.236 e. The minimum Gasteiger partial charge on any atom is -0.378 e. The minimum atomic E-state index is 0.172. The largest absolute Gasteiger partial charge is 0.378 e. The molecule has 5 heteroatoms. The number of rotatable bonds is 5. The standard InChI is InChI=1S/C14H22N2O2S/c1-11(2)14(12-4-3-9-19-12)15-10-13(17)16-5-7-18-8-6-16/h3-4,9,11,14-15H,5-8,10H2,1-2H3. The Hall–Kier alpha value is -0.910. The van der Waals surface area contributed by atoms with E-state index in [4.69, 9.17) is 4.74 Å². The van der Waals surface area contributed by atoms with E-state index in [9.17, 15) is 4.79 Å². The second kappa shape index (κ2) is 7.03. The van der Waals surface area contributed by atoms with Crippen molar-refractivity contribution in [2.45, 2.75) is 19.9 Å². The van der Waals surface area contributed by atoms with E-state index >= 15 is 0 Å². The third kappa shape index (κ3) is 4.03. The molecule has 2 heterocycles. The van der Waals surface area contributed by atoms with Crippen molar-refractivity contribution in [2.24, 2.45) is 5.92 Å². The molecule has 0 aliphatic carbocycles. The Morgan fingerprint density at radius 3 is 2.79 bits per heavy atom. The van der Waals surface area contributed by atoms with Gasteiger partial charge in [0.25, 0.3) is 0 Å². The summed E-state index contributed by atoms with van der Waals surface area (Å²) in [6, 6.07) is 4.44. The molecule has 1 atom stereocenters. The van der Waals surface area contributed by atoms with E-state index in [1.54, 1.807) is 11.3 Å². The van der Waals surface area contributed by atoms with Crippen LogP contribution in [0.1, 0.15) is 24.8 Å². The zero-order chi connectivity index (χ0) is 13.7. The average molecular weight is 282 g/mol. The quantitative estimate of drug-likeness (QED) is 0.897. The number of nitrogens with zero attached hydrogens (tertiary/aromatic N) is 1. The van der Waals surface area contributed by atoms with Crippen molar-refractivity contribution in [3.63, 3.8) is 0 Å². The second-order valence-corrected chi connectivity index (χ2v) is 6.09. The van der Waals surface area contributed by atoms with Crippen LogP contribution >= 0.6 is 11.3 Å². The van der Waals surface area contributed by atoms with Gasteiger partial charge in [-0.05, 0) is 17.4 Å². The topological polar surface area (TPSA) is 41.6 Å². The van der Waals surface area contributed by atoms with Crippen LogP contribution in [-0.4, -0.2) is 43.7 Å². The lowest BCUT2D eigenvalue weighted by atomic mass is 10.0. The maximum atomic E-state index is 12.1. The van der Waals surface area contributed by atoms with Crippen molar-refractivity contribution >= 4 is 17.2 Å². The van der Waals surface area contributed by atoms with Crippen LogP contribution in [0.15, 0.2) is 17.5 Å². The third-order valence-corrected chi connectivity index (χ3v) is 4.31. The number of nitrogens with one attached hydrogen (secondary N) is 1. The molecule has 0 aromatic carbocycles. The van der Waals surface area contributed by atoms with Gasteiger partial charge >= 0.3 is 0 Å². The van der Waals surface area contributed by atoms with Crippen molar-refractivity contribution in [2.75, 3.05) is 32.8 Å². The van der Waals surface area contributed by atoms with Gasteiger partial charge in [-0.3, -0.25) is 4.79 Å². The van der Waals surface area contributed by atoms with Crippen molar-refractivity contribution in [1.29, 1.82) is 0 Å². The molecule has 0 spiro atoms. The molecule has 1 amide bonds. The Morgan fingerprint density at radius 1 is 1.47 bits per heavy atom. The molecular formula is C14H22N2O2S. The monoisotopic (exact) mass is 282 g/mol. The summed E-state index contributed by atoms with van der Waals surface area (Å²) < 4.78 is 5.26. The highest BCUT2D eigenvalue weighted by atomic mass is 32.1. The zero-order valence-electron chi connectivity index (χ0n) is 11.6. The first kappa shape index (κ1) is 14.5. The molecule has 19 heavy (non-hydrogen) atoms. The van der Waals surface area contributed by atoms with Gasteiger partial charge in [0.2, 0.25) is 5.91 Å². The Labute approximate surface area is 118 Å². The van der Waals surface area contributed by atoms with E-state index in [1.165, 1.54) is 4.88 Å². The fraction of sp³-hybridized carbons (Fsp3) is 0.643. The zero-order valence-corrected chi connectivity index (χ0v) is 12.4. The highest BCUT2D eigenvalue weighted by Gasteiger charge is 2.20. The molecule has 0 bridgehead atoms. The fourth-order valence-corrected chi connectivity index (χ4v) is 3.23. The van der Waals surface area contributed by atoms with Crippen LogP contribution in [0.2, 0.25) is 0 Å². The van der Waals surface area contributed by atoms with Gasteiger partial charge in [-0.15, -0.1) is 11.3 Å². The molecular weight excluding hydrogens is 260 g/mol. The summed E-state index contributed by atoms with van der Waals surface area (Å²) in [6.45, 7) is 7.50. The van der Waals surface area contributed by atoms with Gasteiger partial charge < -0.3 is 15.0 Å². The first-order chi connectivity index (χ1) is 9.18. The Bertz CT molecular complexity index is 386. The summed E-state index contributed by atoms with van der Waals surface area (Å²) in [4.78, 5) is 15.3. The van der Waals surface area contributed by atoms with Gasteiger partial charge in [0.1, 0.15) is 0 Å². The van der Waals surface area contributed by atoms with Gasteiger partial charge in [0, 0.05) is 24.0 Å². The number of thiophene rings is 1. The Morgan fingerprint density at radius 2 is 2.21 bits per heavy atom. The van der Waals surface area contributed by atoms with Crippen molar-refractivity contribution in [3.8, 4) is 0 Å². The first-order valence-electron chi connectivity index (χ1n) is 6.81. The van der Waals surface area contributed by atoms with Crippen molar-refractivity contribution in [3.05, 3.63) is 22.4 Å². The first-order valence-corrected chi connectivity index (χ1v) is 7.68. The summed E-state index contributed by atoms with van der Waals surface area (Å²) in [5.74, 6) is 0.640. The highest BCUT2D eigenvalue weighted by molar-refractivity contribution is 7.10. The molecule has 1 aromatic rings. The van der Waals surface area contributed by atoms with Gasteiger partial charge in [-0.2, -0.15) is 0 Å². The molecule has 4 nitrogen and oxygen atoms in total. The van der Waals surface area contributed by atoms with Gasteiger partial charge in [-0.25, -0.2) is 0 Å². The number of ether oxygens (including phenoxy) is 1. The molecule has 1 N–H and O–H groups in total. The van der Waals surface area contributed by atoms with Crippen LogP contribution in [0.5, 0.6) is 0 Å². The van der Waals surface area contributed by atoms with E-state index in [0.29, 0.717) is 38.8 Å². The van der Waals surface area contributed by atoms with Crippen LogP contribution < -0.4 is 5.32 Å². The number of carbonyl (C=O) groups is 1. The smallest absolute Gasteiger partial charge is 0.236 e. The van der Waals surface area contributed by atoms with Crippen LogP contribution in [0, 0.1) is 5.92 Å². The van der Waals surface area contributed by atoms with Gasteiger partial charge in [-0.1, -0.05) is 19.9 Å². The van der Waals surface area contributed by atoms with Crippen LogP contribution in [-0.2, 0) is 9.53 Å². The molecule has 1 unspecified atom stereocenters. The number of hydrogen-bond donors (Lipinski definition) is 1. The van der Waals surface area contributed by atoms with E-state index < -0.39 is 0 Å². The van der Waals surface area contributed by atoms with Crippen LogP contribution in [0.4, 0.5) is 0 Å². The summed E-state index contributed by atoms with van der Waals surface area (Å²) in [5.41, 5.74) is 0. The average Bonchev–Trinajstić information content (AvgIpc) is 2.93. The van der Waals surface area contributed by atoms with E-state index in [1.807, 2.05) is 4.90 Å². The molecule has 1 aliphatic heterocycles. The van der Waals surface area contributed by atoms with Gasteiger partial charge in [0.05, 0.1) is 19.8 Å². The lowest BCUT2D eigenvalue weighted by molar-refractivity contribution is -0.134. The summed E-state index contributed by atoms with van der Waals surface area (Å²) in [6.07, 6.45) is 0. The summed E-state index contributed by atoms with van der Waals surface area (Å²) in [5, 5.41) is 5.48. The fourth-order valence-electron chi connectivity index (χ4n) is 2.25. The second-order valence-electron chi connectivity index (χ2n) is 5.11. The molecule has 1 aliphatic rings. The lowest BCUT2D eigenvalue weighted by Crippen LogP contribution is -2.45. The number of hydrogen-bond acceptors (Lipinski definition) is 4. The highest BCUT2D eigenvalue weighted by Crippen LogP contribution is 2.25. The van der Waals surface area contributed by atoms with Crippen molar-refractivity contribution < 1.29 is 9.53 Å². The molecule has 0 radical (unpaired) electrons. The summed E-state index contributed by atoms with van der Waals surface area (Å²) >= 11 is 1.74. The summed E-state index contributed by atoms with van der Waals surface area (Å²) in [7, 11) is 0. The van der Waals surface area contributed by atoms with Crippen molar-refractivity contribution in [1.82, 2.24) is 10.2 Å². The molecule has 1 saturated heterocycles. The molecule has 1 aromatic heterocycles. The van der Waals surface area contributed by atoms with E-state index in [2.05, 4.69) is 36.7 Å². The van der Waals surface area contributed by atoms with Crippen LogP contribution in [0.25, 0.3) is 0 Å². The number of carbonyl (C=O) groups excluding carboxylic acids is 1. The number of amides is 1. The Kier molecular flexibility index (Phi) is 5.36. The van der Waals surface area contributed by atoms with Crippen LogP contribution in [0.3, 0.4) is 0 Å². The molecule has 1 fully saturated rings. The molecule has 2 rings (SSSR count). The third-order valence-electron chi connectivity index (χ3n) is 3.35. The van der Waals surface area contributed by atoms with E-state index in [0.717, 1.165) is 0 Å². The predicted octanol–water partition coefficient (Wildman–Crippen LogP) is 1.89. The molecule has 106 valence electrons. The predicted molar refractivity (Wildman–Crippen MR) is 77.3 cm³/mol. The SMILES string of the molecule is CC(C)C(NCC(=O)N1CCOCC1)c1cccs1. The minimum absolute atomic E-state index is 0.172. The Balaban J connectivity index is 1.86. The van der Waals surface area contributed by atoms with E-state index in [-0.39, 0.29) is 11.9 Å². The number of morpholine rings is 1. The van der Waals surface area contributed by atoms with Gasteiger partial charge in [0.15, 0.2) is 0 Å².